The number of quaternary nitrogens is 2. The Balaban J connectivity index is 1.62. The van der Waals surface area contributed by atoms with Crippen molar-refractivity contribution < 1.29 is 18.9 Å². The predicted octanol–water partition coefficient (Wildman–Crippen LogP) is 1.86. The molecule has 0 radical (unpaired) electrons. The van der Waals surface area contributed by atoms with Crippen molar-refractivity contribution >= 4 is 16.8 Å². The molecule has 180 valence electrons. The van der Waals surface area contributed by atoms with E-state index in [1.165, 1.54) is 13.0 Å². The molecular formula is C25H45N5O2+2. The number of aromatic amines is 1. The Morgan fingerprint density at radius 2 is 1.62 bits per heavy atom. The van der Waals surface area contributed by atoms with Crippen molar-refractivity contribution in [3.05, 3.63) is 36.0 Å². The largest absolute Gasteiger partial charge is 0.383 e. The third-order valence-corrected chi connectivity index (χ3v) is 6.37. The van der Waals surface area contributed by atoms with E-state index in [4.69, 9.17) is 5.73 Å². The third-order valence-electron chi connectivity index (χ3n) is 6.37. The van der Waals surface area contributed by atoms with Crippen molar-refractivity contribution in [2.45, 2.75) is 38.2 Å². The Labute approximate surface area is 193 Å². The lowest BCUT2D eigenvalue weighted by atomic mass is 10.1. The SMILES string of the molecule is C[N+](C)(CCCN)CCC[N+](C)(C)CCCCNC(=O)[C@H](O)Cc1c[nH]c2ccccc12. The number of rotatable bonds is 15. The zero-order valence-corrected chi connectivity index (χ0v) is 20.6. The second-order valence-electron chi connectivity index (χ2n) is 10.3. The van der Waals surface area contributed by atoms with Gasteiger partial charge in [0.2, 0.25) is 5.91 Å². The molecule has 0 fully saturated rings. The fraction of sp³-hybridized carbons (Fsp3) is 0.640. The number of nitrogens with zero attached hydrogens (tertiary/aromatic N) is 2. The number of unbranched alkanes of at least 4 members (excludes halogenated alkanes) is 1. The van der Waals surface area contributed by atoms with Gasteiger partial charge >= 0.3 is 0 Å². The molecular weight excluding hydrogens is 402 g/mol. The number of aromatic nitrogens is 1. The van der Waals surface area contributed by atoms with Gasteiger partial charge in [0, 0.05) is 42.9 Å². The molecule has 2 rings (SSSR count). The fourth-order valence-electron chi connectivity index (χ4n) is 4.27. The van der Waals surface area contributed by atoms with Crippen LogP contribution in [-0.4, -0.2) is 98.5 Å². The number of carbonyl (C=O) groups excluding carboxylic acids is 1. The van der Waals surface area contributed by atoms with E-state index in [1.54, 1.807) is 0 Å². The predicted molar refractivity (Wildman–Crippen MR) is 132 cm³/mol. The third kappa shape index (κ3) is 8.90. The monoisotopic (exact) mass is 447 g/mol. The van der Waals surface area contributed by atoms with E-state index in [1.807, 2.05) is 30.5 Å². The summed E-state index contributed by atoms with van der Waals surface area (Å²) in [5.41, 5.74) is 7.63. The number of para-hydroxylation sites is 1. The molecule has 0 aliphatic rings. The van der Waals surface area contributed by atoms with Crippen LogP contribution >= 0.6 is 0 Å². The van der Waals surface area contributed by atoms with E-state index < -0.39 is 6.10 Å². The van der Waals surface area contributed by atoms with Gasteiger partial charge in [-0.2, -0.15) is 0 Å². The van der Waals surface area contributed by atoms with Gasteiger partial charge in [-0.1, -0.05) is 18.2 Å². The van der Waals surface area contributed by atoms with Gasteiger partial charge in [-0.3, -0.25) is 4.79 Å². The van der Waals surface area contributed by atoms with E-state index in [0.717, 1.165) is 70.9 Å². The maximum atomic E-state index is 12.3. The number of hydrogen-bond donors (Lipinski definition) is 4. The number of aliphatic hydroxyl groups excluding tert-OH is 1. The Kier molecular flexibility index (Phi) is 10.2. The molecule has 1 aromatic carbocycles. The lowest BCUT2D eigenvalue weighted by Gasteiger charge is -2.33. The first-order valence-corrected chi connectivity index (χ1v) is 12.0. The minimum Gasteiger partial charge on any atom is -0.383 e. The van der Waals surface area contributed by atoms with Crippen molar-refractivity contribution in [3.63, 3.8) is 0 Å². The molecule has 0 saturated heterocycles. The van der Waals surface area contributed by atoms with Crippen molar-refractivity contribution in [2.24, 2.45) is 5.73 Å². The summed E-state index contributed by atoms with van der Waals surface area (Å²) in [6.45, 7) is 5.92. The number of nitrogens with two attached hydrogens (primary N) is 1. The zero-order chi connectivity index (χ0) is 23.6. The minimum atomic E-state index is -1.03. The summed E-state index contributed by atoms with van der Waals surface area (Å²) in [6, 6.07) is 7.93. The highest BCUT2D eigenvalue weighted by molar-refractivity contribution is 5.85. The summed E-state index contributed by atoms with van der Waals surface area (Å²) in [4.78, 5) is 15.5. The first-order chi connectivity index (χ1) is 15.1. The summed E-state index contributed by atoms with van der Waals surface area (Å²) in [6.07, 6.45) is 5.42. The smallest absolute Gasteiger partial charge is 0.249 e. The topological polar surface area (TPSA) is 91.1 Å². The van der Waals surface area contributed by atoms with E-state index >= 15 is 0 Å². The van der Waals surface area contributed by atoms with Crippen LogP contribution in [0.2, 0.25) is 0 Å². The minimum absolute atomic E-state index is 0.290. The highest BCUT2D eigenvalue weighted by Crippen LogP contribution is 2.19. The molecule has 1 aromatic heterocycles. The summed E-state index contributed by atoms with van der Waals surface area (Å²) in [7, 11) is 9.13. The number of benzene rings is 1. The molecule has 0 aliphatic carbocycles. The van der Waals surface area contributed by atoms with Gasteiger partial charge in [0.1, 0.15) is 6.10 Å². The Hall–Kier alpha value is -1.93. The average Bonchev–Trinajstić information content (AvgIpc) is 3.14. The zero-order valence-electron chi connectivity index (χ0n) is 20.6. The summed E-state index contributed by atoms with van der Waals surface area (Å²) in [5, 5.41) is 14.3. The molecule has 7 nitrogen and oxygen atoms in total. The maximum absolute atomic E-state index is 12.3. The standard InChI is InChI=1S/C25H44N5O2/c1-29(2,17-10-18-30(3,4)16-9-13-26)15-8-7-14-27-25(32)24(31)19-21-20-28-23-12-6-5-11-22(21)23/h5-6,11-12,20,24,28,31H,7-10,13-19,26H2,1-4H3/q+1/p+1/t24-/m1/s1. The van der Waals surface area contributed by atoms with Crippen LogP contribution in [0.25, 0.3) is 10.9 Å². The lowest BCUT2D eigenvalue weighted by Crippen LogP contribution is -2.46. The van der Waals surface area contributed by atoms with Crippen LogP contribution in [0.3, 0.4) is 0 Å². The van der Waals surface area contributed by atoms with Crippen molar-refractivity contribution in [3.8, 4) is 0 Å². The number of aliphatic hydroxyl groups is 1. The van der Waals surface area contributed by atoms with Crippen LogP contribution < -0.4 is 11.1 Å². The number of amides is 1. The summed E-state index contributed by atoms with van der Waals surface area (Å²) in [5.74, 6) is -0.290. The average molecular weight is 448 g/mol. The van der Waals surface area contributed by atoms with Crippen molar-refractivity contribution in [1.29, 1.82) is 0 Å². The highest BCUT2D eigenvalue weighted by atomic mass is 16.3. The first-order valence-electron chi connectivity index (χ1n) is 12.0. The van der Waals surface area contributed by atoms with E-state index in [2.05, 4.69) is 38.5 Å². The van der Waals surface area contributed by atoms with Crippen molar-refractivity contribution in [1.82, 2.24) is 10.3 Å². The second-order valence-corrected chi connectivity index (χ2v) is 10.3. The fourth-order valence-corrected chi connectivity index (χ4v) is 4.27. The van der Waals surface area contributed by atoms with Crippen LogP contribution in [0, 0.1) is 0 Å². The Morgan fingerprint density at radius 3 is 2.31 bits per heavy atom. The molecule has 32 heavy (non-hydrogen) atoms. The number of hydrogen-bond acceptors (Lipinski definition) is 3. The molecule has 7 heteroatoms. The second kappa shape index (κ2) is 12.3. The molecule has 1 amide bonds. The molecule has 0 unspecified atom stereocenters. The molecule has 2 aromatic rings. The number of H-pyrrole nitrogens is 1. The van der Waals surface area contributed by atoms with Gasteiger partial charge < -0.3 is 30.1 Å². The Bertz CT molecular complexity index is 831. The lowest BCUT2D eigenvalue weighted by molar-refractivity contribution is -0.909. The molecule has 5 N–H and O–H groups in total. The van der Waals surface area contributed by atoms with Crippen LogP contribution in [0.4, 0.5) is 0 Å². The summed E-state index contributed by atoms with van der Waals surface area (Å²) >= 11 is 0. The van der Waals surface area contributed by atoms with Gasteiger partial charge in [0.15, 0.2) is 0 Å². The Morgan fingerprint density at radius 1 is 1.00 bits per heavy atom. The van der Waals surface area contributed by atoms with Crippen LogP contribution in [0.1, 0.15) is 31.2 Å². The van der Waals surface area contributed by atoms with Crippen molar-refractivity contribution in [2.75, 3.05) is 67.5 Å². The maximum Gasteiger partial charge on any atom is 0.249 e. The van der Waals surface area contributed by atoms with E-state index in [9.17, 15) is 9.90 Å². The van der Waals surface area contributed by atoms with Gasteiger partial charge in [0.25, 0.3) is 0 Å². The molecule has 0 aliphatic heterocycles. The first kappa shape index (κ1) is 26.3. The molecule has 1 heterocycles. The molecule has 0 saturated carbocycles. The van der Waals surface area contributed by atoms with Gasteiger partial charge in [0.05, 0.1) is 54.4 Å². The van der Waals surface area contributed by atoms with Gasteiger partial charge in [-0.25, -0.2) is 0 Å². The number of fused-ring (bicyclic) bond motifs is 1. The van der Waals surface area contributed by atoms with E-state index in [-0.39, 0.29) is 5.91 Å². The molecule has 0 bridgehead atoms. The normalized spacial score (nSPS) is 13.4. The quantitative estimate of drug-likeness (QED) is 0.248. The number of carbonyl (C=O) groups is 1. The van der Waals surface area contributed by atoms with Gasteiger partial charge in [-0.15, -0.1) is 0 Å². The van der Waals surface area contributed by atoms with Crippen LogP contribution in [0.15, 0.2) is 30.5 Å². The molecule has 0 spiro atoms. The van der Waals surface area contributed by atoms with Crippen LogP contribution in [0.5, 0.6) is 0 Å². The van der Waals surface area contributed by atoms with E-state index in [0.29, 0.717) is 13.0 Å². The number of nitrogens with one attached hydrogen (secondary N) is 2. The van der Waals surface area contributed by atoms with Crippen LogP contribution in [-0.2, 0) is 11.2 Å². The highest BCUT2D eigenvalue weighted by Gasteiger charge is 2.20. The van der Waals surface area contributed by atoms with Gasteiger partial charge in [-0.05, 0) is 31.0 Å². The summed E-state index contributed by atoms with van der Waals surface area (Å²) < 4.78 is 2.03. The molecule has 1 atom stereocenters.